The molecule has 5 rings (SSSR count). The lowest BCUT2D eigenvalue weighted by Crippen LogP contribution is -2.34. The fraction of sp³-hybridized carbons (Fsp3) is 0.250. The van der Waals surface area contributed by atoms with Crippen molar-refractivity contribution in [3.8, 4) is 0 Å². The number of pyridine rings is 1. The van der Waals surface area contributed by atoms with E-state index in [1.165, 1.54) is 17.3 Å². The Kier molecular flexibility index (Phi) is 5.41. The number of allylic oxidation sites excluding steroid dienone is 1. The van der Waals surface area contributed by atoms with Crippen molar-refractivity contribution in [2.24, 2.45) is 11.0 Å². The minimum Gasteiger partial charge on any atom is -0.467 e. The summed E-state index contributed by atoms with van der Waals surface area (Å²) in [5.41, 5.74) is 2.03. The number of carbonyl (C=O) groups excluding carboxylic acids is 2. The number of hydrazone groups is 1. The maximum absolute atomic E-state index is 13.1. The molecule has 1 aliphatic heterocycles. The first kappa shape index (κ1) is 20.0. The molecule has 162 valence electrons. The smallest absolute Gasteiger partial charge is 0.357 e. The van der Waals surface area contributed by atoms with Gasteiger partial charge in [0.25, 0.3) is 5.91 Å². The SMILES string of the molecule is O=C(OCC(=O)N1N=C2/C(=C\c3ccco3)CCCC2C1c1ccco1)c1ccccn1. The number of carbonyl (C=O) groups is 2. The highest BCUT2D eigenvalue weighted by Gasteiger charge is 2.45. The van der Waals surface area contributed by atoms with Crippen LogP contribution in [0.5, 0.6) is 0 Å². The first-order chi connectivity index (χ1) is 15.7. The Labute approximate surface area is 184 Å². The van der Waals surface area contributed by atoms with E-state index >= 15 is 0 Å². The van der Waals surface area contributed by atoms with E-state index in [1.807, 2.05) is 24.3 Å². The normalized spacial score (nSPS) is 21.3. The largest absolute Gasteiger partial charge is 0.467 e. The van der Waals surface area contributed by atoms with Crippen LogP contribution in [-0.2, 0) is 9.53 Å². The molecule has 4 heterocycles. The minimum atomic E-state index is -0.656. The fourth-order valence-electron chi connectivity index (χ4n) is 4.24. The van der Waals surface area contributed by atoms with Gasteiger partial charge < -0.3 is 13.6 Å². The van der Waals surface area contributed by atoms with E-state index in [0.29, 0.717) is 5.76 Å². The van der Waals surface area contributed by atoms with Crippen LogP contribution in [0.4, 0.5) is 0 Å². The van der Waals surface area contributed by atoms with Crippen molar-refractivity contribution in [2.75, 3.05) is 6.61 Å². The highest BCUT2D eigenvalue weighted by molar-refractivity contribution is 6.08. The summed E-state index contributed by atoms with van der Waals surface area (Å²) < 4.78 is 16.3. The third kappa shape index (κ3) is 3.87. The molecule has 0 radical (unpaired) electrons. The Bertz CT molecular complexity index is 1150. The third-order valence-electron chi connectivity index (χ3n) is 5.65. The van der Waals surface area contributed by atoms with Crippen molar-refractivity contribution in [3.05, 3.63) is 84.0 Å². The van der Waals surface area contributed by atoms with E-state index in [1.54, 1.807) is 30.7 Å². The van der Waals surface area contributed by atoms with E-state index in [0.717, 1.165) is 36.3 Å². The van der Waals surface area contributed by atoms with Gasteiger partial charge in [0, 0.05) is 12.1 Å². The van der Waals surface area contributed by atoms with Gasteiger partial charge in [0.05, 0.1) is 18.2 Å². The van der Waals surface area contributed by atoms with Gasteiger partial charge >= 0.3 is 5.97 Å². The standard InChI is InChI=1S/C24H21N3O5/c28-21(15-32-24(29)19-9-1-2-11-25-19)27-23(20-10-5-13-31-20)18-8-3-6-16(22(18)26-27)14-17-7-4-12-30-17/h1-2,4-5,7,9-14,18,23H,3,6,8,15H2/b16-14-. The predicted octanol–water partition coefficient (Wildman–Crippen LogP) is 4.25. The molecule has 0 spiro atoms. The zero-order valence-electron chi connectivity index (χ0n) is 17.2. The number of nitrogens with zero attached hydrogens (tertiary/aromatic N) is 3. The molecule has 0 saturated heterocycles. The van der Waals surface area contributed by atoms with Crippen molar-refractivity contribution in [2.45, 2.75) is 25.3 Å². The summed E-state index contributed by atoms with van der Waals surface area (Å²) in [5, 5.41) is 6.08. The van der Waals surface area contributed by atoms with Gasteiger partial charge in [0.2, 0.25) is 0 Å². The molecule has 8 nitrogen and oxygen atoms in total. The van der Waals surface area contributed by atoms with Crippen molar-refractivity contribution >= 4 is 23.7 Å². The Morgan fingerprint density at radius 1 is 1.12 bits per heavy atom. The molecule has 0 aromatic carbocycles. The summed E-state index contributed by atoms with van der Waals surface area (Å²) in [6.07, 6.45) is 9.35. The van der Waals surface area contributed by atoms with Crippen molar-refractivity contribution in [3.63, 3.8) is 0 Å². The topological polar surface area (TPSA) is 98.1 Å². The van der Waals surface area contributed by atoms with E-state index in [-0.39, 0.29) is 17.7 Å². The third-order valence-corrected chi connectivity index (χ3v) is 5.65. The highest BCUT2D eigenvalue weighted by Crippen LogP contribution is 2.44. The quantitative estimate of drug-likeness (QED) is 0.560. The summed E-state index contributed by atoms with van der Waals surface area (Å²) in [5.74, 6) is 0.307. The molecule has 32 heavy (non-hydrogen) atoms. The second-order valence-electron chi connectivity index (χ2n) is 7.66. The average molecular weight is 431 g/mol. The number of amides is 1. The molecular weight excluding hydrogens is 410 g/mol. The van der Waals surface area contributed by atoms with Crippen LogP contribution in [0, 0.1) is 5.92 Å². The van der Waals surface area contributed by atoms with Gasteiger partial charge in [0.15, 0.2) is 6.61 Å². The summed E-state index contributed by atoms with van der Waals surface area (Å²) in [6, 6.07) is 11.9. The zero-order valence-corrected chi connectivity index (χ0v) is 17.2. The molecule has 8 heteroatoms. The molecule has 0 bridgehead atoms. The number of hydrogen-bond acceptors (Lipinski definition) is 7. The van der Waals surface area contributed by atoms with E-state index in [4.69, 9.17) is 13.6 Å². The van der Waals surface area contributed by atoms with E-state index in [2.05, 4.69) is 10.1 Å². The second kappa shape index (κ2) is 8.66. The van der Waals surface area contributed by atoms with Crippen LogP contribution >= 0.6 is 0 Å². The molecule has 1 fully saturated rings. The molecular formula is C24H21N3O5. The maximum atomic E-state index is 13.1. The van der Waals surface area contributed by atoms with Crippen LogP contribution in [0.25, 0.3) is 6.08 Å². The van der Waals surface area contributed by atoms with Crippen LogP contribution in [0.3, 0.4) is 0 Å². The van der Waals surface area contributed by atoms with Crippen LogP contribution in [-0.4, -0.2) is 34.2 Å². The van der Waals surface area contributed by atoms with Crippen LogP contribution in [0.15, 0.2) is 80.7 Å². The lowest BCUT2D eigenvalue weighted by Gasteiger charge is -2.27. The summed E-state index contributed by atoms with van der Waals surface area (Å²) in [4.78, 5) is 29.3. The lowest BCUT2D eigenvalue weighted by atomic mass is 9.79. The number of furan rings is 2. The molecule has 1 aliphatic carbocycles. The number of rotatable bonds is 5. The summed E-state index contributed by atoms with van der Waals surface area (Å²) in [6.45, 7) is -0.437. The van der Waals surface area contributed by atoms with E-state index < -0.39 is 18.5 Å². The number of ether oxygens (including phenoxy) is 1. The van der Waals surface area contributed by atoms with Gasteiger partial charge in [-0.2, -0.15) is 5.10 Å². The second-order valence-corrected chi connectivity index (χ2v) is 7.66. The molecule has 0 N–H and O–H groups in total. The van der Waals surface area contributed by atoms with Gasteiger partial charge in [-0.05, 0) is 67.3 Å². The summed E-state index contributed by atoms with van der Waals surface area (Å²) >= 11 is 0. The number of hydrogen-bond donors (Lipinski definition) is 0. The number of esters is 1. The molecule has 2 aliphatic rings. The van der Waals surface area contributed by atoms with Gasteiger partial charge in [-0.3, -0.25) is 4.79 Å². The van der Waals surface area contributed by atoms with Crippen molar-refractivity contribution in [1.29, 1.82) is 0 Å². The van der Waals surface area contributed by atoms with Crippen molar-refractivity contribution < 1.29 is 23.2 Å². The molecule has 2 atom stereocenters. The fourth-order valence-corrected chi connectivity index (χ4v) is 4.24. The first-order valence-electron chi connectivity index (χ1n) is 10.5. The molecule has 3 aromatic rings. The Balaban J connectivity index is 1.40. The Morgan fingerprint density at radius 3 is 2.75 bits per heavy atom. The zero-order chi connectivity index (χ0) is 21.9. The van der Waals surface area contributed by atoms with Crippen LogP contribution in [0.2, 0.25) is 0 Å². The number of fused-ring (bicyclic) bond motifs is 1. The highest BCUT2D eigenvalue weighted by atomic mass is 16.5. The van der Waals surface area contributed by atoms with Gasteiger partial charge in [-0.1, -0.05) is 6.07 Å². The van der Waals surface area contributed by atoms with Crippen LogP contribution < -0.4 is 0 Å². The molecule has 1 amide bonds. The maximum Gasteiger partial charge on any atom is 0.357 e. The minimum absolute atomic E-state index is 0.00782. The van der Waals surface area contributed by atoms with Gasteiger partial charge in [-0.25, -0.2) is 14.8 Å². The molecule has 3 aromatic heterocycles. The Hall–Kier alpha value is -3.94. The lowest BCUT2D eigenvalue weighted by molar-refractivity contribution is -0.137. The Morgan fingerprint density at radius 2 is 2.00 bits per heavy atom. The van der Waals surface area contributed by atoms with Gasteiger partial charge in [0.1, 0.15) is 23.3 Å². The monoisotopic (exact) mass is 431 g/mol. The predicted molar refractivity (Wildman–Crippen MR) is 114 cm³/mol. The summed E-state index contributed by atoms with van der Waals surface area (Å²) in [7, 11) is 0. The first-order valence-corrected chi connectivity index (χ1v) is 10.5. The van der Waals surface area contributed by atoms with Crippen LogP contribution in [0.1, 0.15) is 47.3 Å². The molecule has 2 unspecified atom stereocenters. The van der Waals surface area contributed by atoms with Gasteiger partial charge in [-0.15, -0.1) is 0 Å². The number of aromatic nitrogens is 1. The molecule has 1 saturated carbocycles. The van der Waals surface area contributed by atoms with E-state index in [9.17, 15) is 9.59 Å². The van der Waals surface area contributed by atoms with Crippen molar-refractivity contribution in [1.82, 2.24) is 9.99 Å². The average Bonchev–Trinajstić information content (AvgIpc) is 3.58.